The zero-order chi connectivity index (χ0) is 19.4. The second kappa shape index (κ2) is 8.50. The van der Waals surface area contributed by atoms with E-state index in [2.05, 4.69) is 9.88 Å². The van der Waals surface area contributed by atoms with Crippen molar-refractivity contribution in [1.82, 2.24) is 18.8 Å². The number of rotatable bonds is 7. The molecule has 2 aromatic rings. The van der Waals surface area contributed by atoms with Gasteiger partial charge in [0.05, 0.1) is 6.33 Å². The third kappa shape index (κ3) is 5.15. The minimum atomic E-state index is -3.55. The summed E-state index contributed by atoms with van der Waals surface area (Å²) in [5.41, 5.74) is 1.12. The molecule has 0 spiro atoms. The molecule has 0 N–H and O–H groups in total. The number of halogens is 1. The molecule has 0 saturated carbocycles. The van der Waals surface area contributed by atoms with Crippen LogP contribution in [0, 0.1) is 11.7 Å². The monoisotopic (exact) mass is 394 g/mol. The fourth-order valence-corrected chi connectivity index (χ4v) is 4.79. The van der Waals surface area contributed by atoms with Crippen LogP contribution in [0.5, 0.6) is 0 Å². The molecule has 1 aromatic heterocycles. The van der Waals surface area contributed by atoms with Crippen molar-refractivity contribution in [3.8, 4) is 0 Å². The van der Waals surface area contributed by atoms with Gasteiger partial charge in [0, 0.05) is 39.9 Å². The third-order valence-corrected chi connectivity index (χ3v) is 6.81. The molecule has 1 unspecified atom stereocenters. The number of aryl methyl sites for hydroxylation is 1. The normalized spacial score (nSPS) is 18.9. The third-order valence-electron chi connectivity index (χ3n) is 5.10. The van der Waals surface area contributed by atoms with Crippen molar-refractivity contribution in [2.45, 2.75) is 24.3 Å². The highest BCUT2D eigenvalue weighted by Crippen LogP contribution is 2.21. The second-order valence-corrected chi connectivity index (χ2v) is 9.34. The number of benzene rings is 1. The highest BCUT2D eigenvalue weighted by Gasteiger charge is 2.28. The molecular weight excluding hydrogens is 367 g/mol. The average molecular weight is 395 g/mol. The van der Waals surface area contributed by atoms with Gasteiger partial charge in [-0.2, -0.15) is 4.31 Å². The minimum Gasteiger partial charge on any atom is -0.339 e. The number of aromatic nitrogens is 2. The van der Waals surface area contributed by atoms with Crippen molar-refractivity contribution >= 4 is 10.0 Å². The van der Waals surface area contributed by atoms with Gasteiger partial charge in [-0.05, 0) is 49.4 Å². The topological polar surface area (TPSA) is 58.4 Å². The summed E-state index contributed by atoms with van der Waals surface area (Å²) in [5, 5.41) is 0.0940. The Bertz CT molecular complexity index is 851. The maximum Gasteiger partial charge on any atom is 0.261 e. The molecule has 0 bridgehead atoms. The van der Waals surface area contributed by atoms with E-state index in [9.17, 15) is 12.8 Å². The van der Waals surface area contributed by atoms with Crippen LogP contribution >= 0.6 is 0 Å². The van der Waals surface area contributed by atoms with Gasteiger partial charge >= 0.3 is 0 Å². The first-order chi connectivity index (χ1) is 12.8. The van der Waals surface area contributed by atoms with E-state index >= 15 is 0 Å². The van der Waals surface area contributed by atoms with E-state index in [0.29, 0.717) is 12.5 Å². The minimum absolute atomic E-state index is 0.0940. The first kappa shape index (κ1) is 20.0. The lowest BCUT2D eigenvalue weighted by Crippen LogP contribution is -2.42. The average Bonchev–Trinajstić information content (AvgIpc) is 3.09. The molecule has 1 atom stereocenters. The van der Waals surface area contributed by atoms with Crippen molar-refractivity contribution in [2.24, 2.45) is 13.0 Å². The number of piperidine rings is 1. The van der Waals surface area contributed by atoms with Crippen molar-refractivity contribution in [3.63, 3.8) is 0 Å². The summed E-state index contributed by atoms with van der Waals surface area (Å²) in [6.45, 7) is 3.29. The molecule has 8 heteroatoms. The fraction of sp³-hybridized carbons (Fsp3) is 0.526. The van der Waals surface area contributed by atoms with Gasteiger partial charge in [-0.15, -0.1) is 0 Å². The molecular formula is C19H27FN4O2S. The summed E-state index contributed by atoms with van der Waals surface area (Å²) in [6, 6.07) is 6.63. The Balaban J connectivity index is 1.53. The van der Waals surface area contributed by atoms with Crippen LogP contribution < -0.4 is 0 Å². The number of imidazole rings is 1. The molecule has 148 valence electrons. The van der Waals surface area contributed by atoms with E-state index in [0.717, 1.165) is 44.5 Å². The van der Waals surface area contributed by atoms with Crippen molar-refractivity contribution in [2.75, 3.05) is 33.2 Å². The van der Waals surface area contributed by atoms with Crippen molar-refractivity contribution in [1.29, 1.82) is 0 Å². The van der Waals surface area contributed by atoms with Crippen molar-refractivity contribution in [3.05, 3.63) is 48.2 Å². The lowest BCUT2D eigenvalue weighted by molar-refractivity contribution is 0.163. The molecule has 0 radical (unpaired) electrons. The molecule has 2 heterocycles. The Morgan fingerprint density at radius 2 is 2.04 bits per heavy atom. The van der Waals surface area contributed by atoms with Crippen LogP contribution in [0.1, 0.15) is 18.4 Å². The number of likely N-dealkylation sites (tertiary alicyclic amines) is 1. The van der Waals surface area contributed by atoms with Crippen LogP contribution in [-0.4, -0.2) is 60.4 Å². The van der Waals surface area contributed by atoms with Crippen LogP contribution in [0.15, 0.2) is 41.8 Å². The molecule has 1 aliphatic rings. The van der Waals surface area contributed by atoms with Crippen LogP contribution in [-0.2, 0) is 23.5 Å². The summed E-state index contributed by atoms with van der Waals surface area (Å²) < 4.78 is 41.4. The maximum atomic E-state index is 13.0. The maximum absolute atomic E-state index is 13.0. The Labute approximate surface area is 160 Å². The predicted molar refractivity (Wildman–Crippen MR) is 102 cm³/mol. The Morgan fingerprint density at radius 1 is 1.30 bits per heavy atom. The highest BCUT2D eigenvalue weighted by atomic mass is 32.2. The second-order valence-electron chi connectivity index (χ2n) is 7.35. The van der Waals surface area contributed by atoms with Crippen LogP contribution in [0.25, 0.3) is 0 Å². The lowest BCUT2D eigenvalue weighted by atomic mass is 9.97. The number of nitrogens with zero attached hydrogens (tertiary/aromatic N) is 4. The Hall–Kier alpha value is -1.77. The van der Waals surface area contributed by atoms with E-state index in [4.69, 9.17) is 0 Å². The van der Waals surface area contributed by atoms with Crippen molar-refractivity contribution < 1.29 is 12.8 Å². The summed E-state index contributed by atoms with van der Waals surface area (Å²) in [5.74, 6) is 0.0874. The molecule has 6 nitrogen and oxygen atoms in total. The number of sulfonamides is 1. The summed E-state index contributed by atoms with van der Waals surface area (Å²) in [7, 11) is -0.164. The highest BCUT2D eigenvalue weighted by molar-refractivity contribution is 7.89. The van der Waals surface area contributed by atoms with Gasteiger partial charge in [-0.3, -0.25) is 0 Å². The van der Waals surface area contributed by atoms with Crippen LogP contribution in [0.4, 0.5) is 4.39 Å². The fourth-order valence-electron chi connectivity index (χ4n) is 3.59. The Kier molecular flexibility index (Phi) is 6.29. The SMILES string of the molecule is CN(CC1CCCN(CCc2ccc(F)cc2)C1)S(=O)(=O)c1cn(C)cn1. The molecule has 1 aromatic carbocycles. The standard InChI is InChI=1S/C19H27FN4O2S/c1-22-14-19(21-15-22)27(25,26)23(2)12-17-4-3-10-24(13-17)11-9-16-5-7-18(20)8-6-16/h5-8,14-15,17H,3-4,9-13H2,1-2H3. The molecule has 0 amide bonds. The number of hydrogen-bond acceptors (Lipinski definition) is 4. The Morgan fingerprint density at radius 3 is 2.70 bits per heavy atom. The summed E-state index contributed by atoms with van der Waals surface area (Å²) >= 11 is 0. The molecule has 1 aliphatic heterocycles. The smallest absolute Gasteiger partial charge is 0.261 e. The van der Waals surface area contributed by atoms with Gasteiger partial charge in [-0.25, -0.2) is 17.8 Å². The molecule has 0 aliphatic carbocycles. The summed E-state index contributed by atoms with van der Waals surface area (Å²) in [6.07, 6.45) is 5.98. The van der Waals surface area contributed by atoms with E-state index in [1.807, 2.05) is 12.1 Å². The first-order valence-electron chi connectivity index (χ1n) is 9.25. The van der Waals surface area contributed by atoms with Gasteiger partial charge in [-0.1, -0.05) is 12.1 Å². The van der Waals surface area contributed by atoms with E-state index in [1.54, 1.807) is 18.7 Å². The molecule has 1 fully saturated rings. The van der Waals surface area contributed by atoms with E-state index in [1.165, 1.54) is 29.0 Å². The van der Waals surface area contributed by atoms with Crippen LogP contribution in [0.2, 0.25) is 0 Å². The zero-order valence-electron chi connectivity index (χ0n) is 15.9. The summed E-state index contributed by atoms with van der Waals surface area (Å²) in [4.78, 5) is 6.36. The molecule has 27 heavy (non-hydrogen) atoms. The first-order valence-corrected chi connectivity index (χ1v) is 10.7. The predicted octanol–water partition coefficient (Wildman–Crippen LogP) is 2.13. The number of hydrogen-bond donors (Lipinski definition) is 0. The van der Waals surface area contributed by atoms with E-state index in [-0.39, 0.29) is 10.8 Å². The van der Waals surface area contributed by atoms with Gasteiger partial charge in [0.15, 0.2) is 5.03 Å². The lowest BCUT2D eigenvalue weighted by Gasteiger charge is -2.34. The van der Waals surface area contributed by atoms with Gasteiger partial charge in [0.2, 0.25) is 0 Å². The van der Waals surface area contributed by atoms with Gasteiger partial charge in [0.1, 0.15) is 5.82 Å². The zero-order valence-corrected chi connectivity index (χ0v) is 16.7. The van der Waals surface area contributed by atoms with Gasteiger partial charge < -0.3 is 9.47 Å². The quantitative estimate of drug-likeness (QED) is 0.722. The van der Waals surface area contributed by atoms with Gasteiger partial charge in [0.25, 0.3) is 10.0 Å². The van der Waals surface area contributed by atoms with Crippen LogP contribution in [0.3, 0.4) is 0 Å². The largest absolute Gasteiger partial charge is 0.339 e. The molecule has 1 saturated heterocycles. The molecule has 3 rings (SSSR count). The van der Waals surface area contributed by atoms with E-state index < -0.39 is 10.0 Å².